The van der Waals surface area contributed by atoms with Gasteiger partial charge in [0.15, 0.2) is 5.01 Å². The minimum absolute atomic E-state index is 0.109. The number of nitrogens with zero attached hydrogens (tertiary/aromatic N) is 2. The molecule has 0 atom stereocenters. The molecule has 6 heteroatoms. The summed E-state index contributed by atoms with van der Waals surface area (Å²) in [6.07, 6.45) is 0. The lowest BCUT2D eigenvalue weighted by atomic mass is 10.1. The number of nitrogens with one attached hydrogen (secondary N) is 1. The fourth-order valence-corrected chi connectivity index (χ4v) is 3.41. The van der Waals surface area contributed by atoms with Crippen molar-refractivity contribution in [2.75, 3.05) is 0 Å². The second-order valence-electron chi connectivity index (χ2n) is 4.71. The average Bonchev–Trinajstić information content (AvgIpc) is 2.81. The quantitative estimate of drug-likeness (QED) is 0.926. The maximum Gasteiger partial charge on any atom is 0.157 e. The van der Waals surface area contributed by atoms with E-state index >= 15 is 0 Å². The Morgan fingerprint density at radius 2 is 2.00 bits per heavy atom. The van der Waals surface area contributed by atoms with Crippen molar-refractivity contribution in [1.29, 1.82) is 0 Å². The topological polar surface area (TPSA) is 37.8 Å². The van der Waals surface area contributed by atoms with E-state index in [2.05, 4.69) is 58.3 Å². The second-order valence-corrected chi connectivity index (χ2v) is 8.23. The van der Waals surface area contributed by atoms with Crippen LogP contribution in [0.5, 0.6) is 0 Å². The van der Waals surface area contributed by atoms with Crippen molar-refractivity contribution in [3.05, 3.63) is 20.9 Å². The number of hydrogen-bond acceptors (Lipinski definition) is 5. The molecular weight excluding hydrogens is 318 g/mol. The van der Waals surface area contributed by atoms with Crippen LogP contribution in [0.2, 0.25) is 0 Å². The van der Waals surface area contributed by atoms with Crippen LogP contribution in [0.15, 0.2) is 15.9 Å². The summed E-state index contributed by atoms with van der Waals surface area (Å²) in [7, 11) is 0. The zero-order valence-electron chi connectivity index (χ0n) is 9.95. The molecule has 2 aromatic rings. The minimum Gasteiger partial charge on any atom is -0.306 e. The highest BCUT2D eigenvalue weighted by Gasteiger charge is 2.12. The molecule has 2 rings (SSSR count). The van der Waals surface area contributed by atoms with Gasteiger partial charge in [0.2, 0.25) is 0 Å². The summed E-state index contributed by atoms with van der Waals surface area (Å²) < 4.78 is 1.12. The van der Waals surface area contributed by atoms with Gasteiger partial charge in [0.1, 0.15) is 5.01 Å². The van der Waals surface area contributed by atoms with E-state index in [1.807, 2.05) is 6.07 Å². The smallest absolute Gasteiger partial charge is 0.157 e. The number of aromatic nitrogens is 2. The molecule has 1 N–H and O–H groups in total. The van der Waals surface area contributed by atoms with Crippen molar-refractivity contribution in [3.63, 3.8) is 0 Å². The molecule has 0 spiro atoms. The first-order valence-corrected chi connectivity index (χ1v) is 7.70. The lowest BCUT2D eigenvalue weighted by molar-refractivity contribution is 0.423. The second kappa shape index (κ2) is 5.14. The van der Waals surface area contributed by atoms with Crippen molar-refractivity contribution >= 4 is 38.6 Å². The van der Waals surface area contributed by atoms with Gasteiger partial charge in [-0.05, 0) is 48.8 Å². The summed E-state index contributed by atoms with van der Waals surface area (Å²) >= 11 is 6.78. The van der Waals surface area contributed by atoms with Gasteiger partial charge in [0.05, 0.1) is 15.2 Å². The molecule has 17 heavy (non-hydrogen) atoms. The van der Waals surface area contributed by atoms with E-state index in [1.165, 1.54) is 0 Å². The monoisotopic (exact) mass is 331 g/mol. The van der Waals surface area contributed by atoms with Crippen molar-refractivity contribution in [1.82, 2.24) is 15.5 Å². The van der Waals surface area contributed by atoms with Gasteiger partial charge in [-0.2, -0.15) is 0 Å². The van der Waals surface area contributed by atoms with Crippen LogP contribution >= 0.6 is 38.6 Å². The van der Waals surface area contributed by atoms with Crippen molar-refractivity contribution < 1.29 is 0 Å². The van der Waals surface area contributed by atoms with Crippen LogP contribution in [0, 0.1) is 0 Å². The number of halogens is 1. The Bertz CT molecular complexity index is 499. The Kier molecular flexibility index (Phi) is 3.97. The molecule has 2 aromatic heterocycles. The van der Waals surface area contributed by atoms with Gasteiger partial charge in [-0.15, -0.1) is 21.5 Å². The van der Waals surface area contributed by atoms with E-state index in [9.17, 15) is 0 Å². The third-order valence-corrected chi connectivity index (χ3v) is 4.74. The first kappa shape index (κ1) is 13.1. The third-order valence-electron chi connectivity index (χ3n) is 2.02. The zero-order valence-corrected chi connectivity index (χ0v) is 13.2. The van der Waals surface area contributed by atoms with E-state index in [0.717, 1.165) is 25.2 Å². The predicted molar refractivity (Wildman–Crippen MR) is 77.5 cm³/mol. The molecule has 0 bridgehead atoms. The van der Waals surface area contributed by atoms with Crippen LogP contribution in [-0.2, 0) is 6.54 Å². The summed E-state index contributed by atoms with van der Waals surface area (Å²) in [6.45, 7) is 7.20. The summed E-state index contributed by atoms with van der Waals surface area (Å²) in [6, 6.07) is 4.10. The van der Waals surface area contributed by atoms with Crippen LogP contribution in [-0.4, -0.2) is 15.7 Å². The average molecular weight is 332 g/mol. The molecule has 2 heterocycles. The maximum atomic E-state index is 4.22. The van der Waals surface area contributed by atoms with E-state index < -0.39 is 0 Å². The van der Waals surface area contributed by atoms with Gasteiger partial charge in [0, 0.05) is 5.54 Å². The zero-order chi connectivity index (χ0) is 12.5. The summed E-state index contributed by atoms with van der Waals surface area (Å²) in [4.78, 5) is 1.16. The molecule has 0 aliphatic rings. The lowest BCUT2D eigenvalue weighted by Crippen LogP contribution is -2.35. The molecule has 0 saturated heterocycles. The molecule has 0 saturated carbocycles. The SMILES string of the molecule is CC(C)(C)NCc1nnc(-c2ccc(Br)s2)s1. The number of thiophene rings is 1. The standard InChI is InChI=1S/C11H14BrN3S2/c1-11(2,3)13-6-9-14-15-10(17-9)7-4-5-8(12)16-7/h4-5,13H,6H2,1-3H3. The van der Waals surface area contributed by atoms with E-state index in [-0.39, 0.29) is 5.54 Å². The summed E-state index contributed by atoms with van der Waals surface area (Å²) in [5.74, 6) is 0. The van der Waals surface area contributed by atoms with Gasteiger partial charge in [-0.1, -0.05) is 11.3 Å². The molecule has 0 fully saturated rings. The van der Waals surface area contributed by atoms with Crippen molar-refractivity contribution in [2.24, 2.45) is 0 Å². The van der Waals surface area contributed by atoms with Gasteiger partial charge < -0.3 is 5.32 Å². The molecule has 92 valence electrons. The fourth-order valence-electron chi connectivity index (χ4n) is 1.19. The Labute approximate surface area is 117 Å². The Morgan fingerprint density at radius 1 is 1.24 bits per heavy atom. The summed E-state index contributed by atoms with van der Waals surface area (Å²) in [5.41, 5.74) is 0.109. The minimum atomic E-state index is 0.109. The highest BCUT2D eigenvalue weighted by Crippen LogP contribution is 2.32. The molecule has 0 amide bonds. The first-order valence-electron chi connectivity index (χ1n) is 5.27. The maximum absolute atomic E-state index is 4.22. The Morgan fingerprint density at radius 3 is 2.59 bits per heavy atom. The van der Waals surface area contributed by atoms with E-state index in [1.54, 1.807) is 22.7 Å². The molecule has 0 radical (unpaired) electrons. The van der Waals surface area contributed by atoms with Crippen molar-refractivity contribution in [3.8, 4) is 9.88 Å². The van der Waals surface area contributed by atoms with Crippen LogP contribution in [0.4, 0.5) is 0 Å². The van der Waals surface area contributed by atoms with E-state index in [0.29, 0.717) is 0 Å². The fraction of sp³-hybridized carbons (Fsp3) is 0.455. The number of hydrogen-bond donors (Lipinski definition) is 1. The van der Waals surface area contributed by atoms with Crippen molar-refractivity contribution in [2.45, 2.75) is 32.9 Å². The first-order chi connectivity index (χ1) is 7.94. The van der Waals surface area contributed by atoms with Crippen LogP contribution in [0.1, 0.15) is 25.8 Å². The molecule has 0 unspecified atom stereocenters. The Hall–Kier alpha value is -0.300. The molecule has 0 aliphatic carbocycles. The predicted octanol–water partition coefficient (Wildman–Crippen LogP) is 3.92. The molecule has 0 aromatic carbocycles. The number of rotatable bonds is 3. The van der Waals surface area contributed by atoms with Gasteiger partial charge in [0.25, 0.3) is 0 Å². The summed E-state index contributed by atoms with van der Waals surface area (Å²) in [5, 5.41) is 13.9. The highest BCUT2D eigenvalue weighted by atomic mass is 79.9. The normalized spacial score (nSPS) is 12.0. The molecule has 3 nitrogen and oxygen atoms in total. The molecular formula is C11H14BrN3S2. The third kappa shape index (κ3) is 3.84. The van der Waals surface area contributed by atoms with Crippen LogP contribution in [0.25, 0.3) is 9.88 Å². The van der Waals surface area contributed by atoms with E-state index in [4.69, 9.17) is 0 Å². The highest BCUT2D eigenvalue weighted by molar-refractivity contribution is 9.11. The van der Waals surface area contributed by atoms with Crippen LogP contribution in [0.3, 0.4) is 0 Å². The lowest BCUT2D eigenvalue weighted by Gasteiger charge is -2.19. The van der Waals surface area contributed by atoms with Gasteiger partial charge in [-0.3, -0.25) is 0 Å². The Balaban J connectivity index is 2.06. The molecule has 0 aliphatic heterocycles. The van der Waals surface area contributed by atoms with Crippen LogP contribution < -0.4 is 5.32 Å². The van der Waals surface area contributed by atoms with Gasteiger partial charge >= 0.3 is 0 Å². The largest absolute Gasteiger partial charge is 0.306 e. The van der Waals surface area contributed by atoms with Gasteiger partial charge in [-0.25, -0.2) is 0 Å².